The summed E-state index contributed by atoms with van der Waals surface area (Å²) < 4.78 is 1.95. The van der Waals surface area contributed by atoms with Crippen LogP contribution >= 0.6 is 0 Å². The summed E-state index contributed by atoms with van der Waals surface area (Å²) in [6.07, 6.45) is 5.62. The van der Waals surface area contributed by atoms with E-state index in [-0.39, 0.29) is 0 Å². The van der Waals surface area contributed by atoms with E-state index < -0.39 is 0 Å². The van der Waals surface area contributed by atoms with Crippen molar-refractivity contribution in [1.29, 1.82) is 0 Å². The van der Waals surface area contributed by atoms with Crippen LogP contribution in [-0.2, 0) is 0 Å². The quantitative estimate of drug-likeness (QED) is 0.815. The molecule has 16 heavy (non-hydrogen) atoms. The van der Waals surface area contributed by atoms with E-state index in [0.29, 0.717) is 0 Å². The molecular formula is C12H14N4. The molecule has 0 aliphatic rings. The summed E-state index contributed by atoms with van der Waals surface area (Å²) in [5, 5.41) is 6.73. The van der Waals surface area contributed by atoms with Crippen LogP contribution in [0.4, 0.5) is 0 Å². The van der Waals surface area contributed by atoms with Gasteiger partial charge in [-0.25, -0.2) is 0 Å². The molecule has 0 atom stereocenters. The van der Waals surface area contributed by atoms with Crippen molar-refractivity contribution in [3.63, 3.8) is 0 Å². The average Bonchev–Trinajstić information content (AvgIpc) is 2.81. The van der Waals surface area contributed by atoms with Gasteiger partial charge in [0, 0.05) is 30.7 Å². The van der Waals surface area contributed by atoms with Gasteiger partial charge in [0.1, 0.15) is 5.49 Å². The second-order valence-corrected chi connectivity index (χ2v) is 3.59. The van der Waals surface area contributed by atoms with E-state index in [1.54, 1.807) is 13.2 Å². The predicted octanol–water partition coefficient (Wildman–Crippen LogP) is 1.90. The second-order valence-electron chi connectivity index (χ2n) is 3.59. The maximum absolute atomic E-state index is 4.23. The summed E-state index contributed by atoms with van der Waals surface area (Å²) in [5.41, 5.74) is 3.97. The van der Waals surface area contributed by atoms with Crippen molar-refractivity contribution in [2.45, 2.75) is 6.92 Å². The number of allylic oxidation sites excluding steroid dienone is 1. The standard InChI is InChI=1S/C12H14N4/c1-9(2)16-5-4-10(6-12(16)13-3)11-7-14-15-8-11/h4-8H,1H2,2-3H3,(H,14,15). The van der Waals surface area contributed by atoms with Crippen LogP contribution in [0.25, 0.3) is 16.8 Å². The van der Waals surface area contributed by atoms with Gasteiger partial charge in [0.15, 0.2) is 0 Å². The highest BCUT2D eigenvalue weighted by Crippen LogP contribution is 2.15. The van der Waals surface area contributed by atoms with Crippen LogP contribution in [-0.4, -0.2) is 21.8 Å². The Morgan fingerprint density at radius 2 is 2.31 bits per heavy atom. The first kappa shape index (κ1) is 10.4. The molecule has 1 N–H and O–H groups in total. The van der Waals surface area contributed by atoms with Crippen molar-refractivity contribution in [2.24, 2.45) is 4.99 Å². The first-order chi connectivity index (χ1) is 7.72. The summed E-state index contributed by atoms with van der Waals surface area (Å²) in [7, 11) is 1.77. The predicted molar refractivity (Wildman–Crippen MR) is 64.5 cm³/mol. The Hall–Kier alpha value is -2.10. The van der Waals surface area contributed by atoms with E-state index in [1.807, 2.05) is 36.0 Å². The third-order valence-corrected chi connectivity index (χ3v) is 2.41. The molecule has 4 nitrogen and oxygen atoms in total. The highest BCUT2D eigenvalue weighted by Gasteiger charge is 2.00. The first-order valence-corrected chi connectivity index (χ1v) is 5.03. The molecule has 2 aromatic heterocycles. The highest BCUT2D eigenvalue weighted by molar-refractivity contribution is 5.61. The molecule has 82 valence electrons. The molecule has 2 rings (SSSR count). The number of pyridine rings is 1. The SMILES string of the molecule is C=C(C)n1ccc(-c2cn[nH]c2)cc1=NC. The van der Waals surface area contributed by atoms with Gasteiger partial charge >= 0.3 is 0 Å². The van der Waals surface area contributed by atoms with Crippen molar-refractivity contribution in [2.75, 3.05) is 7.05 Å². The number of hydrogen-bond acceptors (Lipinski definition) is 2. The van der Waals surface area contributed by atoms with Crippen LogP contribution < -0.4 is 5.49 Å². The maximum Gasteiger partial charge on any atom is 0.132 e. The van der Waals surface area contributed by atoms with Gasteiger partial charge in [0.05, 0.1) is 6.20 Å². The fourth-order valence-electron chi connectivity index (χ4n) is 1.57. The first-order valence-electron chi connectivity index (χ1n) is 5.03. The van der Waals surface area contributed by atoms with Gasteiger partial charge in [0.25, 0.3) is 0 Å². The van der Waals surface area contributed by atoms with Gasteiger partial charge in [-0.3, -0.25) is 10.1 Å². The van der Waals surface area contributed by atoms with E-state index in [4.69, 9.17) is 0 Å². The summed E-state index contributed by atoms with van der Waals surface area (Å²) in [6, 6.07) is 4.04. The monoisotopic (exact) mass is 214 g/mol. The third kappa shape index (κ3) is 1.82. The minimum Gasteiger partial charge on any atom is -0.307 e. The Balaban J connectivity index is 2.58. The van der Waals surface area contributed by atoms with Gasteiger partial charge < -0.3 is 4.57 Å². The molecular weight excluding hydrogens is 200 g/mol. The number of aromatic nitrogens is 3. The van der Waals surface area contributed by atoms with Gasteiger partial charge in [-0.1, -0.05) is 6.58 Å². The molecule has 0 aliphatic heterocycles. The highest BCUT2D eigenvalue weighted by atomic mass is 15.1. The van der Waals surface area contributed by atoms with E-state index >= 15 is 0 Å². The zero-order chi connectivity index (χ0) is 11.5. The number of H-pyrrole nitrogens is 1. The largest absolute Gasteiger partial charge is 0.307 e. The van der Waals surface area contributed by atoms with E-state index in [9.17, 15) is 0 Å². The Morgan fingerprint density at radius 1 is 1.50 bits per heavy atom. The van der Waals surface area contributed by atoms with Crippen molar-refractivity contribution in [3.8, 4) is 11.1 Å². The lowest BCUT2D eigenvalue weighted by Crippen LogP contribution is -2.17. The Morgan fingerprint density at radius 3 is 2.88 bits per heavy atom. The molecule has 0 unspecified atom stereocenters. The zero-order valence-electron chi connectivity index (χ0n) is 9.44. The third-order valence-electron chi connectivity index (χ3n) is 2.41. The van der Waals surface area contributed by atoms with Crippen LogP contribution in [0.15, 0.2) is 42.3 Å². The number of rotatable bonds is 2. The van der Waals surface area contributed by atoms with Crippen LogP contribution in [0.1, 0.15) is 6.92 Å². The number of aromatic amines is 1. The van der Waals surface area contributed by atoms with E-state index in [0.717, 1.165) is 22.3 Å². The minimum absolute atomic E-state index is 0.881. The van der Waals surface area contributed by atoms with Crippen LogP contribution in [0.2, 0.25) is 0 Å². The number of nitrogens with zero attached hydrogens (tertiary/aromatic N) is 3. The molecule has 4 heteroatoms. The lowest BCUT2D eigenvalue weighted by Gasteiger charge is -2.07. The number of nitrogens with one attached hydrogen (secondary N) is 1. The van der Waals surface area contributed by atoms with Gasteiger partial charge in [0.2, 0.25) is 0 Å². The maximum atomic E-state index is 4.23. The lowest BCUT2D eigenvalue weighted by atomic mass is 10.1. The normalized spacial score (nSPS) is 11.8. The molecule has 0 spiro atoms. The van der Waals surface area contributed by atoms with Crippen molar-refractivity contribution in [3.05, 3.63) is 42.8 Å². The second kappa shape index (κ2) is 4.18. The van der Waals surface area contributed by atoms with Crippen molar-refractivity contribution < 1.29 is 0 Å². The van der Waals surface area contributed by atoms with Crippen LogP contribution in [0, 0.1) is 0 Å². The molecule has 2 aromatic rings. The Labute approximate surface area is 94.0 Å². The van der Waals surface area contributed by atoms with E-state index in [1.165, 1.54) is 0 Å². The molecule has 0 aliphatic carbocycles. The summed E-state index contributed by atoms with van der Waals surface area (Å²) in [5.74, 6) is 0. The Bertz CT molecular complexity index is 561. The van der Waals surface area contributed by atoms with E-state index in [2.05, 4.69) is 21.8 Å². The topological polar surface area (TPSA) is 46.0 Å². The zero-order valence-corrected chi connectivity index (χ0v) is 9.44. The molecule has 2 heterocycles. The molecule has 0 amide bonds. The van der Waals surface area contributed by atoms with Gasteiger partial charge in [-0.05, 0) is 24.6 Å². The van der Waals surface area contributed by atoms with Crippen LogP contribution in [0.3, 0.4) is 0 Å². The summed E-state index contributed by atoms with van der Waals surface area (Å²) in [6.45, 7) is 5.86. The minimum atomic E-state index is 0.881. The lowest BCUT2D eigenvalue weighted by molar-refractivity contribution is 0.957. The number of hydrogen-bond donors (Lipinski definition) is 1. The smallest absolute Gasteiger partial charge is 0.132 e. The average molecular weight is 214 g/mol. The summed E-state index contributed by atoms with van der Waals surface area (Å²) >= 11 is 0. The van der Waals surface area contributed by atoms with Crippen molar-refractivity contribution >= 4 is 5.70 Å². The molecule has 0 bridgehead atoms. The molecule has 0 radical (unpaired) electrons. The van der Waals surface area contributed by atoms with Crippen LogP contribution in [0.5, 0.6) is 0 Å². The molecule has 0 fully saturated rings. The van der Waals surface area contributed by atoms with Crippen molar-refractivity contribution in [1.82, 2.24) is 14.8 Å². The molecule has 0 saturated carbocycles. The molecule has 0 saturated heterocycles. The Kier molecular flexibility index (Phi) is 2.72. The fourth-order valence-corrected chi connectivity index (χ4v) is 1.57. The van der Waals surface area contributed by atoms with Gasteiger partial charge in [-0.2, -0.15) is 5.10 Å². The van der Waals surface area contributed by atoms with Gasteiger partial charge in [-0.15, -0.1) is 0 Å². The fraction of sp³-hybridized carbons (Fsp3) is 0.167. The molecule has 0 aromatic carbocycles. The summed E-state index contributed by atoms with van der Waals surface area (Å²) in [4.78, 5) is 4.23.